The molecule has 0 spiro atoms. The van der Waals surface area contributed by atoms with Gasteiger partial charge in [0.25, 0.3) is 11.4 Å². The molecule has 0 atom stereocenters. The summed E-state index contributed by atoms with van der Waals surface area (Å²) in [5.74, 6) is -1.90. The molecule has 0 saturated heterocycles. The predicted molar refractivity (Wildman–Crippen MR) is 49.2 cm³/mol. The van der Waals surface area contributed by atoms with Crippen molar-refractivity contribution in [3.05, 3.63) is 37.9 Å². The molecule has 8 nitrogen and oxygen atoms in total. The molecule has 0 radical (unpaired) electrons. The molecule has 0 fully saturated rings. The summed E-state index contributed by atoms with van der Waals surface area (Å²) >= 11 is 0. The fraction of sp³-hybridized carbons (Fsp3) is 0.125. The summed E-state index contributed by atoms with van der Waals surface area (Å²) in [7, 11) is 0. The van der Waals surface area contributed by atoms with Crippen LogP contribution in [0.15, 0.2) is 12.1 Å². The Morgan fingerprint density at radius 1 is 1.12 bits per heavy atom. The quantitative estimate of drug-likeness (QED) is 0.424. The number of rotatable bonds is 3. The minimum atomic E-state index is -1.31. The Labute approximate surface area is 88.4 Å². The third-order valence-corrected chi connectivity index (χ3v) is 1.85. The maximum absolute atomic E-state index is 11.2. The van der Waals surface area contributed by atoms with Gasteiger partial charge in [0, 0.05) is 17.7 Å². The van der Waals surface area contributed by atoms with E-state index >= 15 is 0 Å². The van der Waals surface area contributed by atoms with Crippen LogP contribution < -0.4 is 5.11 Å². The molecule has 0 aliphatic rings. The van der Waals surface area contributed by atoms with Crippen LogP contribution in [-0.2, 0) is 0 Å². The number of hydrogen-bond acceptors (Lipinski definition) is 6. The van der Waals surface area contributed by atoms with Gasteiger partial charge in [-0.05, 0) is 6.92 Å². The average molecular weight is 225 g/mol. The zero-order valence-corrected chi connectivity index (χ0v) is 8.00. The van der Waals surface area contributed by atoms with Crippen molar-refractivity contribution < 1.29 is 19.7 Å². The van der Waals surface area contributed by atoms with E-state index in [0.29, 0.717) is 0 Å². The first kappa shape index (κ1) is 11.6. The maximum atomic E-state index is 11.2. The van der Waals surface area contributed by atoms with Gasteiger partial charge in [-0.1, -0.05) is 0 Å². The standard InChI is InChI=1S/C8H6N2O6/c1-4(11)5-2-6(9(13)14)8(12)7(3-5)10(15)16/h2-3,12H,1H3/p-1. The molecule has 0 aliphatic heterocycles. The minimum Gasteiger partial charge on any atom is -0.863 e. The first-order valence-electron chi connectivity index (χ1n) is 3.99. The van der Waals surface area contributed by atoms with Crippen molar-refractivity contribution in [3.63, 3.8) is 0 Å². The third-order valence-electron chi connectivity index (χ3n) is 1.85. The lowest BCUT2D eigenvalue weighted by molar-refractivity contribution is -0.416. The molecule has 1 rings (SSSR count). The first-order chi connectivity index (χ1) is 7.34. The van der Waals surface area contributed by atoms with Crippen LogP contribution in [0.4, 0.5) is 11.4 Å². The number of nitro groups is 2. The van der Waals surface area contributed by atoms with E-state index in [-0.39, 0.29) is 5.56 Å². The molecular weight excluding hydrogens is 220 g/mol. The molecule has 0 amide bonds. The first-order valence-corrected chi connectivity index (χ1v) is 3.99. The summed E-state index contributed by atoms with van der Waals surface area (Å²) in [6.07, 6.45) is 0. The molecule has 0 bridgehead atoms. The Morgan fingerprint density at radius 2 is 1.50 bits per heavy atom. The Bertz CT molecular complexity index is 460. The third kappa shape index (κ3) is 1.95. The highest BCUT2D eigenvalue weighted by molar-refractivity contribution is 5.96. The number of nitrogens with zero attached hydrogens (tertiary/aromatic N) is 2. The van der Waals surface area contributed by atoms with Crippen LogP contribution in [0, 0.1) is 20.2 Å². The highest BCUT2D eigenvalue weighted by Crippen LogP contribution is 2.34. The van der Waals surface area contributed by atoms with Crippen LogP contribution in [-0.4, -0.2) is 15.6 Å². The number of carbonyl (C=O) groups is 1. The van der Waals surface area contributed by atoms with Crippen molar-refractivity contribution in [2.45, 2.75) is 6.92 Å². The van der Waals surface area contributed by atoms with E-state index < -0.39 is 32.8 Å². The molecule has 1 aromatic rings. The van der Waals surface area contributed by atoms with Crippen LogP contribution in [0.2, 0.25) is 0 Å². The number of Topliss-reactive ketones (excluding diaryl/α,β-unsaturated/α-hetero) is 1. The largest absolute Gasteiger partial charge is 0.863 e. The average Bonchev–Trinajstić information content (AvgIpc) is 2.16. The lowest BCUT2D eigenvalue weighted by Gasteiger charge is -2.08. The van der Waals surface area contributed by atoms with Crippen molar-refractivity contribution in [1.82, 2.24) is 0 Å². The van der Waals surface area contributed by atoms with Gasteiger partial charge < -0.3 is 5.11 Å². The molecule has 0 unspecified atom stereocenters. The molecule has 0 heterocycles. The van der Waals surface area contributed by atoms with Crippen LogP contribution in [0.3, 0.4) is 0 Å². The van der Waals surface area contributed by atoms with Gasteiger partial charge in [-0.25, -0.2) is 0 Å². The van der Waals surface area contributed by atoms with Gasteiger partial charge in [0.15, 0.2) is 5.78 Å². The summed E-state index contributed by atoms with van der Waals surface area (Å²) in [6, 6.07) is 1.47. The second-order valence-corrected chi connectivity index (χ2v) is 2.91. The molecule has 0 aromatic heterocycles. The van der Waals surface area contributed by atoms with E-state index in [0.717, 1.165) is 19.1 Å². The summed E-state index contributed by atoms with van der Waals surface area (Å²) in [6.45, 7) is 1.09. The summed E-state index contributed by atoms with van der Waals surface area (Å²) < 4.78 is 0. The minimum absolute atomic E-state index is 0.238. The number of benzene rings is 1. The van der Waals surface area contributed by atoms with Crippen LogP contribution >= 0.6 is 0 Å². The number of nitro benzene ring substituents is 2. The maximum Gasteiger partial charge on any atom is 0.269 e. The van der Waals surface area contributed by atoms with Gasteiger partial charge >= 0.3 is 0 Å². The van der Waals surface area contributed by atoms with Gasteiger partial charge in [0.2, 0.25) is 0 Å². The van der Waals surface area contributed by atoms with Gasteiger partial charge in [0.05, 0.1) is 15.6 Å². The van der Waals surface area contributed by atoms with E-state index in [2.05, 4.69) is 0 Å². The summed E-state index contributed by atoms with van der Waals surface area (Å²) in [5.41, 5.74) is -2.18. The van der Waals surface area contributed by atoms with Crippen molar-refractivity contribution in [2.24, 2.45) is 0 Å². The molecule has 1 aromatic carbocycles. The fourth-order valence-corrected chi connectivity index (χ4v) is 1.07. The van der Waals surface area contributed by atoms with Crippen molar-refractivity contribution >= 4 is 17.2 Å². The number of carbonyl (C=O) groups excluding carboxylic acids is 1. The number of hydrogen-bond donors (Lipinski definition) is 0. The van der Waals surface area contributed by atoms with Crippen LogP contribution in [0.5, 0.6) is 5.75 Å². The van der Waals surface area contributed by atoms with E-state index in [9.17, 15) is 30.1 Å². The Kier molecular flexibility index (Phi) is 2.84. The molecule has 0 N–H and O–H groups in total. The summed E-state index contributed by atoms with van der Waals surface area (Å²) in [5, 5.41) is 32.1. The second-order valence-electron chi connectivity index (χ2n) is 2.91. The molecule has 0 saturated carbocycles. The summed E-state index contributed by atoms with van der Waals surface area (Å²) in [4.78, 5) is 29.7. The topological polar surface area (TPSA) is 126 Å². The van der Waals surface area contributed by atoms with Gasteiger partial charge in [-0.3, -0.25) is 25.0 Å². The highest BCUT2D eigenvalue weighted by Gasteiger charge is 2.20. The molecule has 84 valence electrons. The van der Waals surface area contributed by atoms with E-state index in [1.165, 1.54) is 0 Å². The molecule has 8 heteroatoms. The zero-order chi connectivity index (χ0) is 12.5. The highest BCUT2D eigenvalue weighted by atomic mass is 16.6. The predicted octanol–water partition coefficient (Wildman–Crippen LogP) is 0.779. The normalized spacial score (nSPS) is 9.81. The van der Waals surface area contributed by atoms with E-state index in [1.54, 1.807) is 0 Å². The second kappa shape index (κ2) is 3.93. The van der Waals surface area contributed by atoms with Crippen molar-refractivity contribution in [1.29, 1.82) is 0 Å². The Morgan fingerprint density at radius 3 is 1.75 bits per heavy atom. The molecule has 16 heavy (non-hydrogen) atoms. The SMILES string of the molecule is CC(=O)c1cc([N+](=O)[O-])c([O-])c([N+](=O)[O-])c1. The smallest absolute Gasteiger partial charge is 0.269 e. The van der Waals surface area contributed by atoms with Gasteiger partial charge in [-0.15, -0.1) is 0 Å². The van der Waals surface area contributed by atoms with E-state index in [1.807, 2.05) is 0 Å². The van der Waals surface area contributed by atoms with Crippen LogP contribution in [0.1, 0.15) is 17.3 Å². The zero-order valence-electron chi connectivity index (χ0n) is 8.00. The lowest BCUT2D eigenvalue weighted by Crippen LogP contribution is -2.05. The molecular formula is C8H5N2O6-. The Balaban J connectivity index is 3.57. The monoisotopic (exact) mass is 225 g/mol. The Hall–Kier alpha value is -2.51. The van der Waals surface area contributed by atoms with Gasteiger partial charge in [-0.2, -0.15) is 0 Å². The van der Waals surface area contributed by atoms with Gasteiger partial charge in [0.1, 0.15) is 0 Å². The van der Waals surface area contributed by atoms with E-state index in [4.69, 9.17) is 0 Å². The van der Waals surface area contributed by atoms with Crippen LogP contribution in [0.25, 0.3) is 0 Å². The molecule has 0 aliphatic carbocycles. The number of ketones is 1. The lowest BCUT2D eigenvalue weighted by atomic mass is 10.1. The van der Waals surface area contributed by atoms with Crippen molar-refractivity contribution in [2.75, 3.05) is 0 Å². The fourth-order valence-electron chi connectivity index (χ4n) is 1.07. The van der Waals surface area contributed by atoms with Crippen molar-refractivity contribution in [3.8, 4) is 5.75 Å².